The summed E-state index contributed by atoms with van der Waals surface area (Å²) in [6.07, 6.45) is 3.39. The number of nitrogens with one attached hydrogen (secondary N) is 2. The van der Waals surface area contributed by atoms with Crippen LogP contribution in [0.15, 0.2) is 71.2 Å². The largest absolute Gasteiger partial charge is 0.459 e. The minimum atomic E-state index is -0.777. The summed E-state index contributed by atoms with van der Waals surface area (Å²) in [5.74, 6) is -1.26. The number of hydrogen-bond acceptors (Lipinski definition) is 7. The molecule has 0 radical (unpaired) electrons. The number of benzene rings is 2. The summed E-state index contributed by atoms with van der Waals surface area (Å²) < 4.78 is 15.5. The zero-order valence-corrected chi connectivity index (χ0v) is 25.6. The van der Waals surface area contributed by atoms with Crippen molar-refractivity contribution in [3.05, 3.63) is 88.0 Å². The van der Waals surface area contributed by atoms with E-state index in [9.17, 15) is 19.5 Å². The van der Waals surface area contributed by atoms with Gasteiger partial charge in [-0.1, -0.05) is 30.3 Å². The summed E-state index contributed by atoms with van der Waals surface area (Å²) in [7, 11) is 1.84. The maximum Gasteiger partial charge on any atom is 0.286 e. The fraction of sp³-hybridized carbons (Fsp3) is 0.424. The Morgan fingerprint density at radius 3 is 2.50 bits per heavy atom. The highest BCUT2D eigenvalue weighted by molar-refractivity contribution is 5.93. The smallest absolute Gasteiger partial charge is 0.286 e. The van der Waals surface area contributed by atoms with E-state index in [1.54, 1.807) is 35.0 Å². The highest BCUT2D eigenvalue weighted by Crippen LogP contribution is 2.39. The van der Waals surface area contributed by atoms with E-state index in [0.717, 1.165) is 11.4 Å². The zero-order chi connectivity index (χ0) is 31.6. The van der Waals surface area contributed by atoms with Crippen molar-refractivity contribution in [1.29, 1.82) is 0 Å². The molecule has 3 aromatic rings. The minimum Gasteiger partial charge on any atom is -0.459 e. The number of carbonyl (C=O) groups is 2. The molecule has 1 aliphatic heterocycles. The Kier molecular flexibility index (Phi) is 11.4. The Morgan fingerprint density at radius 1 is 1.07 bits per heavy atom. The molecule has 1 aromatic heterocycles. The predicted octanol–water partition coefficient (Wildman–Crippen LogP) is 3.74. The molecule has 4 rings (SSSR count). The Balaban J connectivity index is 1.50. The third-order valence-corrected chi connectivity index (χ3v) is 7.92. The van der Waals surface area contributed by atoms with E-state index in [4.69, 9.17) is 15.2 Å². The van der Waals surface area contributed by atoms with Gasteiger partial charge in [0, 0.05) is 56.3 Å². The first-order valence-corrected chi connectivity index (χ1v) is 15.1. The molecule has 236 valence electrons. The first kappa shape index (κ1) is 32.6. The quantitative estimate of drug-likeness (QED) is 0.162. The van der Waals surface area contributed by atoms with Gasteiger partial charge in [0.05, 0.1) is 17.1 Å². The summed E-state index contributed by atoms with van der Waals surface area (Å²) in [6, 6.07) is 16.5. The monoisotopic (exact) mass is 605 g/mol. The summed E-state index contributed by atoms with van der Waals surface area (Å²) in [6.45, 7) is 4.40. The summed E-state index contributed by atoms with van der Waals surface area (Å²) in [5, 5.41) is 15.3. The number of para-hydroxylation sites is 3. The first-order chi connectivity index (χ1) is 21.3. The Bertz CT molecular complexity index is 1510. The topological polar surface area (TPSA) is 150 Å². The van der Waals surface area contributed by atoms with Gasteiger partial charge < -0.3 is 30.9 Å². The molecule has 0 aliphatic carbocycles. The number of nitrogens with zero attached hydrogens (tertiary/aromatic N) is 2. The Hall–Kier alpha value is -4.35. The Labute approximate surface area is 257 Å². The lowest BCUT2D eigenvalue weighted by Crippen LogP contribution is -2.40. The molecule has 3 atom stereocenters. The molecular weight excluding hydrogens is 562 g/mol. The van der Waals surface area contributed by atoms with Crippen LogP contribution in [0.1, 0.15) is 56.2 Å². The molecule has 0 spiro atoms. The number of ether oxygens (including phenoxy) is 2. The molecule has 0 saturated heterocycles. The molecule has 2 heterocycles. The van der Waals surface area contributed by atoms with Crippen LogP contribution in [0.25, 0.3) is 5.69 Å². The van der Waals surface area contributed by atoms with Gasteiger partial charge in [-0.05, 0) is 69.9 Å². The van der Waals surface area contributed by atoms with Crippen LogP contribution in [0.2, 0.25) is 0 Å². The predicted molar refractivity (Wildman–Crippen MR) is 169 cm³/mol. The normalized spacial score (nSPS) is 17.9. The van der Waals surface area contributed by atoms with Gasteiger partial charge in [-0.2, -0.15) is 0 Å². The molecule has 1 aliphatic rings. The van der Waals surface area contributed by atoms with Gasteiger partial charge in [-0.25, -0.2) is 4.68 Å². The summed E-state index contributed by atoms with van der Waals surface area (Å²) in [5.41, 5.74) is 8.84. The summed E-state index contributed by atoms with van der Waals surface area (Å²) >= 11 is 0. The highest BCUT2D eigenvalue weighted by atomic mass is 16.7. The highest BCUT2D eigenvalue weighted by Gasteiger charge is 2.40. The van der Waals surface area contributed by atoms with Crippen LogP contribution in [0.3, 0.4) is 0 Å². The molecule has 5 N–H and O–H groups in total. The van der Waals surface area contributed by atoms with Crippen molar-refractivity contribution in [3.8, 4) is 5.69 Å². The average Bonchev–Trinajstić information content (AvgIpc) is 3.24. The number of nitrogens with two attached hydrogens (primary N) is 1. The number of unbranched alkanes of at least 4 members (excludes halogenated alkanes) is 1. The van der Waals surface area contributed by atoms with Gasteiger partial charge in [0.1, 0.15) is 0 Å². The van der Waals surface area contributed by atoms with Crippen LogP contribution in [0, 0.1) is 12.8 Å². The molecule has 0 bridgehead atoms. The number of allylic oxidation sites excluding steroid dienone is 1. The SMILES string of the molecule is CCO[C@H]1OC(C(=O)NCCCCC(=O)Nc2ccccc2N)=C[C@@H](c2c(C)n(C)n(-c3ccccc3)c2=O)[C@H]1CCCO. The van der Waals surface area contributed by atoms with Crippen LogP contribution in [-0.2, 0) is 26.1 Å². The summed E-state index contributed by atoms with van der Waals surface area (Å²) in [4.78, 5) is 39.6. The molecular formula is C33H43N5O6. The average molecular weight is 606 g/mol. The van der Waals surface area contributed by atoms with Crippen LogP contribution in [0.5, 0.6) is 0 Å². The minimum absolute atomic E-state index is 0.0160. The number of carbonyl (C=O) groups excluding carboxylic acids is 2. The van der Waals surface area contributed by atoms with E-state index in [1.807, 2.05) is 55.9 Å². The number of hydrogen-bond donors (Lipinski definition) is 4. The number of rotatable bonds is 14. The second kappa shape index (κ2) is 15.4. The van der Waals surface area contributed by atoms with E-state index in [2.05, 4.69) is 10.6 Å². The molecule has 0 saturated carbocycles. The number of aliphatic hydroxyl groups excluding tert-OH is 1. The number of aromatic nitrogens is 2. The second-order valence-corrected chi connectivity index (χ2v) is 10.9. The van der Waals surface area contributed by atoms with Crippen molar-refractivity contribution in [2.24, 2.45) is 13.0 Å². The Morgan fingerprint density at radius 2 is 1.80 bits per heavy atom. The van der Waals surface area contributed by atoms with Crippen molar-refractivity contribution in [2.75, 3.05) is 30.8 Å². The van der Waals surface area contributed by atoms with E-state index >= 15 is 0 Å². The lowest BCUT2D eigenvalue weighted by molar-refractivity contribution is -0.166. The van der Waals surface area contributed by atoms with Crippen molar-refractivity contribution in [3.63, 3.8) is 0 Å². The van der Waals surface area contributed by atoms with Gasteiger partial charge in [-0.15, -0.1) is 0 Å². The zero-order valence-electron chi connectivity index (χ0n) is 25.6. The molecule has 44 heavy (non-hydrogen) atoms. The van der Waals surface area contributed by atoms with Crippen LogP contribution >= 0.6 is 0 Å². The number of aliphatic hydroxyl groups is 1. The van der Waals surface area contributed by atoms with E-state index in [-0.39, 0.29) is 36.2 Å². The third kappa shape index (κ3) is 7.59. The number of anilines is 2. The van der Waals surface area contributed by atoms with Gasteiger partial charge in [0.15, 0.2) is 5.76 Å². The van der Waals surface area contributed by atoms with Gasteiger partial charge in [-0.3, -0.25) is 19.1 Å². The van der Waals surface area contributed by atoms with E-state index in [0.29, 0.717) is 55.8 Å². The fourth-order valence-electron chi connectivity index (χ4n) is 5.59. The van der Waals surface area contributed by atoms with Gasteiger partial charge >= 0.3 is 0 Å². The lowest BCUT2D eigenvalue weighted by Gasteiger charge is -2.36. The molecule has 0 fully saturated rings. The number of amides is 2. The maximum absolute atomic E-state index is 13.9. The van der Waals surface area contributed by atoms with Gasteiger partial charge in [0.25, 0.3) is 11.5 Å². The lowest BCUT2D eigenvalue weighted by atomic mass is 9.80. The van der Waals surface area contributed by atoms with Crippen molar-refractivity contribution >= 4 is 23.2 Å². The fourth-order valence-corrected chi connectivity index (χ4v) is 5.59. The molecule has 0 unspecified atom stereocenters. The number of nitrogen functional groups attached to an aromatic ring is 1. The van der Waals surface area contributed by atoms with Crippen molar-refractivity contribution in [1.82, 2.24) is 14.7 Å². The van der Waals surface area contributed by atoms with Crippen molar-refractivity contribution in [2.45, 2.75) is 58.2 Å². The van der Waals surface area contributed by atoms with E-state index < -0.39 is 18.1 Å². The third-order valence-electron chi connectivity index (χ3n) is 7.92. The maximum atomic E-state index is 13.9. The van der Waals surface area contributed by atoms with Crippen LogP contribution in [0.4, 0.5) is 11.4 Å². The van der Waals surface area contributed by atoms with Crippen LogP contribution < -0.4 is 21.9 Å². The standard InChI is InChI=1S/C33H43N5O6/c1-4-43-33-24(15-12-20-39)25(30-22(2)37(3)38(32(30)42)23-13-6-5-7-14-23)21-28(44-33)31(41)35-19-11-10-18-29(40)36-27-17-9-8-16-26(27)34/h5-9,13-14,16-17,21,24-25,33,39H,4,10-12,15,18-20,34H2,1-3H3,(H,35,41)(H,36,40)/t24-,25-,33+/m1/s1. The van der Waals surface area contributed by atoms with Gasteiger partial charge in [0.2, 0.25) is 12.2 Å². The van der Waals surface area contributed by atoms with E-state index in [1.165, 1.54) is 0 Å². The first-order valence-electron chi connectivity index (χ1n) is 15.1. The molecule has 11 nitrogen and oxygen atoms in total. The second-order valence-electron chi connectivity index (χ2n) is 10.9. The van der Waals surface area contributed by atoms with Crippen LogP contribution in [-0.4, -0.2) is 52.3 Å². The molecule has 2 amide bonds. The van der Waals surface area contributed by atoms with Crippen molar-refractivity contribution < 1.29 is 24.2 Å². The molecule has 11 heteroatoms. The molecule has 2 aromatic carbocycles.